The van der Waals surface area contributed by atoms with E-state index in [0.29, 0.717) is 24.5 Å². The van der Waals surface area contributed by atoms with Crippen molar-refractivity contribution >= 4 is 21.6 Å². The molecule has 0 aromatic carbocycles. The van der Waals surface area contributed by atoms with Gasteiger partial charge in [0.25, 0.3) is 0 Å². The summed E-state index contributed by atoms with van der Waals surface area (Å²) in [6, 6.07) is 1.22. The first-order valence-corrected chi connectivity index (χ1v) is 9.01. The lowest BCUT2D eigenvalue weighted by atomic mass is 9.91. The van der Waals surface area contributed by atoms with Gasteiger partial charge in [0, 0.05) is 18.6 Å². The van der Waals surface area contributed by atoms with Crippen molar-refractivity contribution in [1.82, 2.24) is 19.6 Å². The molecule has 2 aliphatic rings. The number of nitrogens with zero attached hydrogens (tertiary/aromatic N) is 3. The summed E-state index contributed by atoms with van der Waals surface area (Å²) in [6.07, 6.45) is 7.05. The number of hydrogen-bond donors (Lipinski definition) is 1. The molecule has 1 aromatic heterocycles. The zero-order chi connectivity index (χ0) is 15.0. The van der Waals surface area contributed by atoms with Crippen LogP contribution in [0.4, 0.5) is 0 Å². The Hall–Kier alpha value is -0.760. The van der Waals surface area contributed by atoms with E-state index in [1.54, 1.807) is 0 Å². The Morgan fingerprint density at radius 1 is 1.29 bits per heavy atom. The van der Waals surface area contributed by atoms with Crippen molar-refractivity contribution in [2.75, 3.05) is 13.6 Å². The third-order valence-corrected chi connectivity index (χ3v) is 6.24. The predicted molar refractivity (Wildman–Crippen MR) is 79.5 cm³/mol. The van der Waals surface area contributed by atoms with E-state index in [2.05, 4.69) is 26.6 Å². The van der Waals surface area contributed by atoms with E-state index in [1.165, 1.54) is 25.2 Å². The van der Waals surface area contributed by atoms with E-state index < -0.39 is 10.0 Å². The largest absolute Gasteiger partial charge is 0.300 e. The molecule has 2 bridgehead atoms. The molecule has 116 valence electrons. The minimum absolute atomic E-state index is 0.0424. The van der Waals surface area contributed by atoms with Crippen LogP contribution in [0.2, 0.25) is 5.28 Å². The summed E-state index contributed by atoms with van der Waals surface area (Å²) in [5.41, 5.74) is 0. The van der Waals surface area contributed by atoms with E-state index in [9.17, 15) is 8.42 Å². The van der Waals surface area contributed by atoms with Crippen LogP contribution in [0.25, 0.3) is 0 Å². The van der Waals surface area contributed by atoms with Gasteiger partial charge in [-0.1, -0.05) is 0 Å². The molecule has 2 fully saturated rings. The molecular weight excluding hydrogens is 312 g/mol. The summed E-state index contributed by atoms with van der Waals surface area (Å²) < 4.78 is 27.0. The maximum atomic E-state index is 12.2. The van der Waals surface area contributed by atoms with Crippen LogP contribution in [0.1, 0.15) is 25.7 Å². The fraction of sp³-hybridized carbons (Fsp3) is 0.692. The summed E-state index contributed by atoms with van der Waals surface area (Å²) in [6.45, 7) is 0.478. The van der Waals surface area contributed by atoms with Crippen LogP contribution in [0.3, 0.4) is 0 Å². The van der Waals surface area contributed by atoms with Crippen LogP contribution in [-0.4, -0.2) is 49.0 Å². The van der Waals surface area contributed by atoms with Crippen molar-refractivity contribution in [1.29, 1.82) is 0 Å². The highest BCUT2D eigenvalue weighted by Gasteiger charge is 2.38. The summed E-state index contributed by atoms with van der Waals surface area (Å²) in [5, 5.41) is 0.0424. The van der Waals surface area contributed by atoms with Crippen LogP contribution >= 0.6 is 11.6 Å². The molecule has 1 N–H and O–H groups in total. The maximum Gasteiger partial charge on any atom is 0.243 e. The maximum absolute atomic E-state index is 12.2. The van der Waals surface area contributed by atoms with E-state index in [-0.39, 0.29) is 10.2 Å². The minimum atomic E-state index is -3.55. The van der Waals surface area contributed by atoms with Crippen LogP contribution in [0, 0.1) is 5.92 Å². The minimum Gasteiger partial charge on any atom is -0.300 e. The molecule has 2 aliphatic heterocycles. The zero-order valence-electron chi connectivity index (χ0n) is 11.9. The molecule has 2 saturated heterocycles. The summed E-state index contributed by atoms with van der Waals surface area (Å²) in [5.74, 6) is 0.404. The van der Waals surface area contributed by atoms with Crippen LogP contribution < -0.4 is 4.72 Å². The van der Waals surface area contributed by atoms with Gasteiger partial charge in [0.15, 0.2) is 0 Å². The first kappa shape index (κ1) is 15.1. The normalized spacial score (nSPS) is 29.7. The van der Waals surface area contributed by atoms with Crippen molar-refractivity contribution in [3.05, 3.63) is 17.7 Å². The molecule has 0 amide bonds. The standard InChI is InChI=1S/C13H19ClN4O2S/c1-18-10-2-3-11(18)5-9(4-10)6-17-21(19,20)12-7-15-13(14)16-8-12/h7-11,17H,2-6H2,1H3. The second-order valence-electron chi connectivity index (χ2n) is 5.93. The van der Waals surface area contributed by atoms with Gasteiger partial charge in [0.05, 0.1) is 12.4 Å². The van der Waals surface area contributed by atoms with Crippen molar-refractivity contribution < 1.29 is 8.42 Å². The monoisotopic (exact) mass is 330 g/mol. The molecule has 0 saturated carbocycles. The Labute approximate surface area is 130 Å². The molecule has 6 nitrogen and oxygen atoms in total. The van der Waals surface area contributed by atoms with Gasteiger partial charge >= 0.3 is 0 Å². The van der Waals surface area contributed by atoms with Crippen LogP contribution in [-0.2, 0) is 10.0 Å². The molecule has 3 rings (SSSR count). The molecule has 0 aliphatic carbocycles. The average Bonchev–Trinajstić information content (AvgIpc) is 2.68. The zero-order valence-corrected chi connectivity index (χ0v) is 13.4. The van der Waals surface area contributed by atoms with E-state index in [4.69, 9.17) is 11.6 Å². The molecule has 3 heterocycles. The molecule has 21 heavy (non-hydrogen) atoms. The Morgan fingerprint density at radius 3 is 2.43 bits per heavy atom. The van der Waals surface area contributed by atoms with Gasteiger partial charge in [-0.25, -0.2) is 23.1 Å². The molecule has 0 radical (unpaired) electrons. The van der Waals surface area contributed by atoms with E-state index in [0.717, 1.165) is 12.8 Å². The Balaban J connectivity index is 1.61. The number of piperidine rings is 1. The van der Waals surface area contributed by atoms with Crippen molar-refractivity contribution in [3.63, 3.8) is 0 Å². The Morgan fingerprint density at radius 2 is 1.86 bits per heavy atom. The summed E-state index contributed by atoms with van der Waals surface area (Å²) in [7, 11) is -1.38. The number of rotatable bonds is 4. The molecule has 1 aromatic rings. The Kier molecular flexibility index (Phi) is 4.18. The number of hydrogen-bond acceptors (Lipinski definition) is 5. The molecule has 2 atom stereocenters. The third-order valence-electron chi connectivity index (χ3n) is 4.66. The topological polar surface area (TPSA) is 75.2 Å². The second kappa shape index (κ2) is 5.79. The van der Waals surface area contributed by atoms with Crippen molar-refractivity contribution in [3.8, 4) is 0 Å². The highest BCUT2D eigenvalue weighted by atomic mass is 35.5. The fourth-order valence-corrected chi connectivity index (χ4v) is 4.54. The number of sulfonamides is 1. The Bertz CT molecular complexity index is 593. The van der Waals surface area contributed by atoms with Gasteiger partial charge in [-0.3, -0.25) is 0 Å². The fourth-order valence-electron chi connectivity index (χ4n) is 3.44. The van der Waals surface area contributed by atoms with Gasteiger partial charge in [-0.15, -0.1) is 0 Å². The molecule has 2 unspecified atom stereocenters. The van der Waals surface area contributed by atoms with Gasteiger partial charge in [-0.2, -0.15) is 0 Å². The van der Waals surface area contributed by atoms with Gasteiger partial charge in [-0.05, 0) is 50.2 Å². The van der Waals surface area contributed by atoms with Gasteiger partial charge in [0.2, 0.25) is 15.3 Å². The third kappa shape index (κ3) is 3.21. The summed E-state index contributed by atoms with van der Waals surface area (Å²) >= 11 is 5.57. The van der Waals surface area contributed by atoms with Gasteiger partial charge in [0.1, 0.15) is 4.90 Å². The lowest BCUT2D eigenvalue weighted by Crippen LogP contribution is -2.43. The molecular formula is C13H19ClN4O2S. The SMILES string of the molecule is CN1C2CCC1CC(CNS(=O)(=O)c1cnc(Cl)nc1)C2. The first-order valence-electron chi connectivity index (χ1n) is 7.15. The number of aromatic nitrogens is 2. The quantitative estimate of drug-likeness (QED) is 0.842. The molecule has 8 heteroatoms. The van der Waals surface area contributed by atoms with E-state index >= 15 is 0 Å². The first-order chi connectivity index (χ1) is 9.95. The summed E-state index contributed by atoms with van der Waals surface area (Å²) in [4.78, 5) is 9.93. The molecule has 0 spiro atoms. The average molecular weight is 331 g/mol. The number of halogens is 1. The smallest absolute Gasteiger partial charge is 0.243 e. The lowest BCUT2D eigenvalue weighted by Gasteiger charge is -2.36. The van der Waals surface area contributed by atoms with Crippen molar-refractivity contribution in [2.45, 2.75) is 42.7 Å². The van der Waals surface area contributed by atoms with Gasteiger partial charge < -0.3 is 4.90 Å². The number of fused-ring (bicyclic) bond motifs is 2. The lowest BCUT2D eigenvalue weighted by molar-refractivity contribution is 0.135. The van der Waals surface area contributed by atoms with Crippen LogP contribution in [0.5, 0.6) is 0 Å². The highest BCUT2D eigenvalue weighted by molar-refractivity contribution is 7.89. The number of nitrogens with one attached hydrogen (secondary N) is 1. The van der Waals surface area contributed by atoms with E-state index in [1.807, 2.05) is 0 Å². The highest BCUT2D eigenvalue weighted by Crippen LogP contribution is 2.37. The van der Waals surface area contributed by atoms with Crippen LogP contribution in [0.15, 0.2) is 17.3 Å². The van der Waals surface area contributed by atoms with Crippen molar-refractivity contribution in [2.24, 2.45) is 5.92 Å². The second-order valence-corrected chi connectivity index (χ2v) is 8.03. The predicted octanol–water partition coefficient (Wildman–Crippen LogP) is 1.28.